The summed E-state index contributed by atoms with van der Waals surface area (Å²) in [6, 6.07) is 4.05. The quantitative estimate of drug-likeness (QED) is 0.912. The number of hydrogen-bond acceptors (Lipinski definition) is 4. The third-order valence-corrected chi connectivity index (χ3v) is 3.46. The summed E-state index contributed by atoms with van der Waals surface area (Å²) >= 11 is 0. The predicted octanol–water partition coefficient (Wildman–Crippen LogP) is 1.87. The van der Waals surface area contributed by atoms with Gasteiger partial charge in [0.05, 0.1) is 13.2 Å². The molecule has 7 nitrogen and oxygen atoms in total. The summed E-state index contributed by atoms with van der Waals surface area (Å²) in [6.45, 7) is 2.10. The Morgan fingerprint density at radius 1 is 1.52 bits per heavy atom. The number of aromatic nitrogens is 3. The van der Waals surface area contributed by atoms with E-state index >= 15 is 0 Å². The van der Waals surface area contributed by atoms with Gasteiger partial charge < -0.3 is 19.5 Å². The van der Waals surface area contributed by atoms with E-state index in [1.54, 1.807) is 30.1 Å². The summed E-state index contributed by atoms with van der Waals surface area (Å²) < 4.78 is 20.3. The summed E-state index contributed by atoms with van der Waals surface area (Å²) in [4.78, 5) is 13.7. The molecule has 0 aliphatic carbocycles. The minimum absolute atomic E-state index is 0.178. The number of hydrogen-bond donors (Lipinski definition) is 1. The van der Waals surface area contributed by atoms with Crippen LogP contribution in [0.15, 0.2) is 24.5 Å². The first-order valence-corrected chi connectivity index (χ1v) is 7.10. The maximum Gasteiger partial charge on any atom is 0.318 e. The minimum atomic E-state index is -0.453. The average Bonchev–Trinajstić information content (AvgIpc) is 2.93. The van der Waals surface area contributed by atoms with E-state index in [1.807, 2.05) is 14.0 Å². The first-order chi connectivity index (χ1) is 10.9. The highest BCUT2D eigenvalue weighted by Crippen LogP contribution is 2.18. The Hall–Kier alpha value is -2.64. The van der Waals surface area contributed by atoms with Crippen molar-refractivity contribution in [2.75, 3.05) is 14.2 Å². The van der Waals surface area contributed by atoms with E-state index in [-0.39, 0.29) is 24.4 Å². The van der Waals surface area contributed by atoms with E-state index in [9.17, 15) is 9.18 Å². The van der Waals surface area contributed by atoms with Crippen LogP contribution in [0.3, 0.4) is 0 Å². The fourth-order valence-electron chi connectivity index (χ4n) is 2.20. The zero-order valence-electron chi connectivity index (χ0n) is 13.6. The van der Waals surface area contributed by atoms with Crippen molar-refractivity contribution in [3.8, 4) is 5.75 Å². The molecule has 1 atom stereocenters. The Balaban J connectivity index is 1.97. The highest BCUT2D eigenvalue weighted by atomic mass is 19.1. The molecule has 1 N–H and O–H groups in total. The smallest absolute Gasteiger partial charge is 0.318 e. The fraction of sp³-hybridized carbons (Fsp3) is 0.400. The number of urea groups is 1. The lowest BCUT2D eigenvalue weighted by Gasteiger charge is -2.21. The highest BCUT2D eigenvalue weighted by Gasteiger charge is 2.17. The molecular weight excluding hydrogens is 301 g/mol. The van der Waals surface area contributed by atoms with Crippen molar-refractivity contribution in [2.24, 2.45) is 7.05 Å². The summed E-state index contributed by atoms with van der Waals surface area (Å²) in [5, 5.41) is 10.6. The number of nitrogens with zero attached hydrogens (tertiary/aromatic N) is 4. The standard InChI is InChI=1S/C15H20FN5O2/c1-10(14-19-17-9-21(14)3)18-15(22)20(2)8-11-5-6-13(23-4)12(16)7-11/h5-7,9-10H,8H2,1-4H3,(H,18,22)/t10-/m1/s1. The van der Waals surface area contributed by atoms with Crippen LogP contribution < -0.4 is 10.1 Å². The van der Waals surface area contributed by atoms with Crippen LogP contribution in [0.1, 0.15) is 24.4 Å². The van der Waals surface area contributed by atoms with E-state index in [0.717, 1.165) is 0 Å². The van der Waals surface area contributed by atoms with Crippen molar-refractivity contribution in [1.29, 1.82) is 0 Å². The van der Waals surface area contributed by atoms with Crippen molar-refractivity contribution in [3.05, 3.63) is 41.7 Å². The Kier molecular flexibility index (Phi) is 5.15. The average molecular weight is 321 g/mol. The maximum absolute atomic E-state index is 13.7. The lowest BCUT2D eigenvalue weighted by Crippen LogP contribution is -2.38. The summed E-state index contributed by atoms with van der Waals surface area (Å²) in [5.41, 5.74) is 0.673. The molecule has 8 heteroatoms. The van der Waals surface area contributed by atoms with Crippen molar-refractivity contribution < 1.29 is 13.9 Å². The Bertz CT molecular complexity index is 688. The van der Waals surface area contributed by atoms with Gasteiger partial charge in [-0.25, -0.2) is 9.18 Å². The molecule has 0 fully saturated rings. The Morgan fingerprint density at radius 3 is 2.83 bits per heavy atom. The number of aryl methyl sites for hydroxylation is 1. The molecule has 23 heavy (non-hydrogen) atoms. The second kappa shape index (κ2) is 7.08. The van der Waals surface area contributed by atoms with Crippen molar-refractivity contribution in [3.63, 3.8) is 0 Å². The van der Waals surface area contributed by atoms with Gasteiger partial charge in [-0.05, 0) is 24.6 Å². The van der Waals surface area contributed by atoms with Crippen molar-refractivity contribution >= 4 is 6.03 Å². The van der Waals surface area contributed by atoms with Crippen LogP contribution in [-0.4, -0.2) is 39.9 Å². The van der Waals surface area contributed by atoms with E-state index in [0.29, 0.717) is 11.4 Å². The van der Waals surface area contributed by atoms with Crippen molar-refractivity contribution in [2.45, 2.75) is 19.5 Å². The van der Waals surface area contributed by atoms with E-state index in [4.69, 9.17) is 4.74 Å². The molecular formula is C15H20FN5O2. The topological polar surface area (TPSA) is 72.3 Å². The van der Waals surface area contributed by atoms with E-state index in [1.165, 1.54) is 18.1 Å². The number of methoxy groups -OCH3 is 1. The van der Waals surface area contributed by atoms with Crippen molar-refractivity contribution in [1.82, 2.24) is 25.0 Å². The molecule has 0 bridgehead atoms. The molecule has 0 aliphatic heterocycles. The van der Waals surface area contributed by atoms with Gasteiger partial charge in [-0.15, -0.1) is 10.2 Å². The summed E-state index contributed by atoms with van der Waals surface area (Å²) in [5.74, 6) is 0.380. The molecule has 1 aromatic carbocycles. The molecule has 0 unspecified atom stereocenters. The Morgan fingerprint density at radius 2 is 2.26 bits per heavy atom. The number of ether oxygens (including phenoxy) is 1. The highest BCUT2D eigenvalue weighted by molar-refractivity contribution is 5.74. The fourth-order valence-corrected chi connectivity index (χ4v) is 2.20. The van der Waals surface area contributed by atoms with Crippen LogP contribution >= 0.6 is 0 Å². The number of carbonyl (C=O) groups excluding carboxylic acids is 1. The zero-order chi connectivity index (χ0) is 17.0. The van der Waals surface area contributed by atoms with Gasteiger partial charge in [-0.3, -0.25) is 0 Å². The second-order valence-electron chi connectivity index (χ2n) is 5.30. The largest absolute Gasteiger partial charge is 0.494 e. The molecule has 0 saturated heterocycles. The van der Waals surface area contributed by atoms with Crippen LogP contribution in [0.25, 0.3) is 0 Å². The van der Waals surface area contributed by atoms with Crippen LogP contribution in [0.2, 0.25) is 0 Å². The number of amides is 2. The van der Waals surface area contributed by atoms with Gasteiger partial charge in [0.1, 0.15) is 6.33 Å². The van der Waals surface area contributed by atoms with Gasteiger partial charge in [-0.1, -0.05) is 6.07 Å². The SMILES string of the molecule is COc1ccc(CN(C)C(=O)N[C@H](C)c2nncn2C)cc1F. The van der Waals surface area contributed by atoms with E-state index in [2.05, 4.69) is 15.5 Å². The van der Waals surface area contributed by atoms with Gasteiger partial charge in [0.2, 0.25) is 0 Å². The van der Waals surface area contributed by atoms with Crippen LogP contribution in [0.4, 0.5) is 9.18 Å². The molecule has 0 saturated carbocycles. The van der Waals surface area contributed by atoms with Crippen LogP contribution in [0, 0.1) is 5.82 Å². The number of halogens is 1. The third kappa shape index (κ3) is 3.97. The molecule has 0 aliphatic rings. The molecule has 1 heterocycles. The Labute approximate surface area is 134 Å². The summed E-state index contributed by atoms with van der Waals surface area (Å²) in [7, 11) is 4.86. The van der Waals surface area contributed by atoms with Gasteiger partial charge in [0, 0.05) is 20.6 Å². The van der Waals surface area contributed by atoms with Gasteiger partial charge in [0.25, 0.3) is 0 Å². The molecule has 0 radical (unpaired) electrons. The predicted molar refractivity (Wildman–Crippen MR) is 82.4 cm³/mol. The number of nitrogens with one attached hydrogen (secondary N) is 1. The molecule has 2 rings (SSSR count). The maximum atomic E-state index is 13.7. The number of rotatable bonds is 5. The normalized spacial score (nSPS) is 11.9. The number of carbonyl (C=O) groups is 1. The second-order valence-corrected chi connectivity index (χ2v) is 5.30. The number of benzene rings is 1. The minimum Gasteiger partial charge on any atom is -0.494 e. The van der Waals surface area contributed by atoms with Crippen LogP contribution in [0.5, 0.6) is 5.75 Å². The lowest BCUT2D eigenvalue weighted by molar-refractivity contribution is 0.203. The third-order valence-electron chi connectivity index (χ3n) is 3.46. The van der Waals surface area contributed by atoms with Gasteiger partial charge >= 0.3 is 6.03 Å². The molecule has 124 valence electrons. The monoisotopic (exact) mass is 321 g/mol. The van der Waals surface area contributed by atoms with Crippen LogP contribution in [-0.2, 0) is 13.6 Å². The first-order valence-electron chi connectivity index (χ1n) is 7.10. The molecule has 2 aromatic rings. The molecule has 0 spiro atoms. The molecule has 2 amide bonds. The zero-order valence-corrected chi connectivity index (χ0v) is 13.6. The van der Waals surface area contributed by atoms with E-state index < -0.39 is 5.82 Å². The molecule has 1 aromatic heterocycles. The van der Waals surface area contributed by atoms with Gasteiger partial charge in [-0.2, -0.15) is 0 Å². The lowest BCUT2D eigenvalue weighted by atomic mass is 10.2. The summed E-state index contributed by atoms with van der Waals surface area (Å²) in [6.07, 6.45) is 1.57. The first kappa shape index (κ1) is 16.7. The van der Waals surface area contributed by atoms with Gasteiger partial charge in [0.15, 0.2) is 17.4 Å².